The Balaban J connectivity index is 1.45. The summed E-state index contributed by atoms with van der Waals surface area (Å²) in [6.07, 6.45) is 2.26. The molecule has 0 saturated carbocycles. The van der Waals surface area contributed by atoms with E-state index in [9.17, 15) is 38.7 Å². The predicted octanol–water partition coefficient (Wildman–Crippen LogP) is -2.25. The number of guanidine groups is 1. The summed E-state index contributed by atoms with van der Waals surface area (Å²) >= 11 is 0. The summed E-state index contributed by atoms with van der Waals surface area (Å²) in [4.78, 5) is 102. The average molecular weight is 797 g/mol. The minimum atomic E-state index is -1.18. The molecule has 6 amide bonds. The van der Waals surface area contributed by atoms with Gasteiger partial charge in [0.15, 0.2) is 5.96 Å². The molecule has 4 rings (SSSR count). The summed E-state index contributed by atoms with van der Waals surface area (Å²) in [7, 11) is 0. The molecule has 0 aliphatic carbocycles. The third kappa shape index (κ3) is 11.6. The number of carboxylic acid groups (broad SMARTS) is 1. The van der Waals surface area contributed by atoms with Crippen molar-refractivity contribution in [1.29, 1.82) is 0 Å². The van der Waals surface area contributed by atoms with E-state index < -0.39 is 77.7 Å². The first kappa shape index (κ1) is 44.0. The first-order chi connectivity index (χ1) is 27.1. The monoisotopic (exact) mass is 796 g/mol. The molecule has 20 heteroatoms. The highest BCUT2D eigenvalue weighted by Gasteiger charge is 2.41. The number of carboxylic acids is 1. The Kier molecular flexibility index (Phi) is 15.7. The van der Waals surface area contributed by atoms with E-state index in [4.69, 9.17) is 28.7 Å². The zero-order valence-corrected chi connectivity index (χ0v) is 32.2. The minimum absolute atomic E-state index is 0.00401. The van der Waals surface area contributed by atoms with Crippen LogP contribution in [0.25, 0.3) is 10.9 Å². The molecule has 0 radical (unpaired) electrons. The summed E-state index contributed by atoms with van der Waals surface area (Å²) in [6, 6.07) is 0.841. The molecular formula is C37H56N12O8. The van der Waals surface area contributed by atoms with Gasteiger partial charge in [0.1, 0.15) is 30.2 Å². The van der Waals surface area contributed by atoms with Crippen LogP contribution in [0, 0.1) is 0 Å². The second kappa shape index (κ2) is 20.4. The molecule has 2 aromatic rings. The Morgan fingerprint density at radius 2 is 1.56 bits per heavy atom. The number of nitrogens with zero attached hydrogens (tertiary/aromatic N) is 3. The molecule has 57 heavy (non-hydrogen) atoms. The molecular weight excluding hydrogens is 740 g/mol. The van der Waals surface area contributed by atoms with Gasteiger partial charge in [0.2, 0.25) is 35.4 Å². The normalized spacial score (nSPS) is 18.4. The van der Waals surface area contributed by atoms with Gasteiger partial charge in [0.05, 0.1) is 12.6 Å². The lowest BCUT2D eigenvalue weighted by molar-refractivity contribution is -0.153. The zero-order chi connectivity index (χ0) is 41.8. The number of aromatic nitrogens is 1. The smallest absolute Gasteiger partial charge is 0.326 e. The maximum absolute atomic E-state index is 14.1. The van der Waals surface area contributed by atoms with Crippen molar-refractivity contribution < 1.29 is 38.7 Å². The highest BCUT2D eigenvalue weighted by molar-refractivity contribution is 5.97. The van der Waals surface area contributed by atoms with E-state index in [0.29, 0.717) is 37.9 Å². The van der Waals surface area contributed by atoms with Gasteiger partial charge in [-0.25, -0.2) is 4.79 Å². The number of likely N-dealkylation sites (tertiary alicyclic amines) is 1. The van der Waals surface area contributed by atoms with Crippen LogP contribution in [0.15, 0.2) is 29.3 Å². The number of aromatic amines is 1. The Bertz CT molecular complexity index is 1830. The van der Waals surface area contributed by atoms with Crippen LogP contribution in [0.2, 0.25) is 0 Å². The van der Waals surface area contributed by atoms with E-state index in [1.165, 1.54) is 16.7 Å². The molecule has 1 aromatic carbocycles. The van der Waals surface area contributed by atoms with Crippen molar-refractivity contribution in [3.63, 3.8) is 0 Å². The highest BCUT2D eigenvalue weighted by Crippen LogP contribution is 2.31. The Morgan fingerprint density at radius 3 is 2.23 bits per heavy atom. The number of para-hydroxylation sites is 1. The average Bonchev–Trinajstić information content (AvgIpc) is 3.81. The standard InChI is InChI=1S/C37H56N12O8/c1-20(44-33(53)28-12-7-17-48(28)34(54)26(11-6-16-43-37(41)42)47-32(52)23(39)13-14-30(40)50)31(51)46-25(10-4-5-15-38)35(55)49-19-27-22(18-29(49)36(56)57)21-8-2-3-9-24(21)45-27/h2-3,8-9,20,23,25-26,28-29,45H,4-7,10-19,38-39H2,1H3,(H2,40,50)(H,44,53)(H,46,51)(H,47,52)(H,56,57)(H4,41,42,43)/t20-,23-,25-,26-,28-,29-/m0/s1. The summed E-state index contributed by atoms with van der Waals surface area (Å²) in [5.41, 5.74) is 30.0. The number of benzene rings is 1. The number of hydrogen-bond donors (Lipinski definition) is 10. The van der Waals surface area contributed by atoms with E-state index in [1.807, 2.05) is 24.3 Å². The van der Waals surface area contributed by atoms with Crippen LogP contribution in [-0.2, 0) is 46.5 Å². The molecule has 1 saturated heterocycles. The number of carbonyl (C=O) groups is 7. The predicted molar refractivity (Wildman–Crippen MR) is 209 cm³/mol. The fraction of sp³-hybridized carbons (Fsp3) is 0.568. The first-order valence-electron chi connectivity index (χ1n) is 19.3. The summed E-state index contributed by atoms with van der Waals surface area (Å²) in [5.74, 6) is -5.07. The van der Waals surface area contributed by atoms with Gasteiger partial charge in [-0.2, -0.15) is 0 Å². The molecule has 3 heterocycles. The SMILES string of the molecule is C[C@H](NC(=O)[C@@H]1CCCN1C(=O)[C@H](CCCN=C(N)N)NC(=O)[C@@H](N)CCC(N)=O)C(=O)N[C@@H](CCCCN)C(=O)N1Cc2[nH]c3ccccc3c2C[C@H]1C(=O)O. The third-order valence-corrected chi connectivity index (χ3v) is 10.3. The molecule has 2 aliphatic heterocycles. The van der Waals surface area contributed by atoms with Gasteiger partial charge >= 0.3 is 5.97 Å². The Hall–Kier alpha value is -5.76. The molecule has 20 nitrogen and oxygen atoms in total. The van der Waals surface area contributed by atoms with E-state index in [2.05, 4.69) is 25.9 Å². The lowest BCUT2D eigenvalue weighted by Gasteiger charge is -2.36. The number of fused-ring (bicyclic) bond motifs is 3. The van der Waals surface area contributed by atoms with E-state index in [-0.39, 0.29) is 64.1 Å². The number of H-pyrrole nitrogens is 1. The zero-order valence-electron chi connectivity index (χ0n) is 32.2. The number of amides is 6. The van der Waals surface area contributed by atoms with Crippen LogP contribution in [-0.4, -0.2) is 123 Å². The van der Waals surface area contributed by atoms with Gasteiger partial charge in [-0.05, 0) is 76.5 Å². The van der Waals surface area contributed by atoms with Crippen molar-refractivity contribution in [2.75, 3.05) is 19.6 Å². The van der Waals surface area contributed by atoms with E-state index in [1.54, 1.807) is 0 Å². The third-order valence-electron chi connectivity index (χ3n) is 10.3. The molecule has 312 valence electrons. The van der Waals surface area contributed by atoms with Crippen LogP contribution in [0.4, 0.5) is 0 Å². The van der Waals surface area contributed by atoms with Gasteiger partial charge in [0, 0.05) is 42.5 Å². The van der Waals surface area contributed by atoms with Crippen molar-refractivity contribution in [2.24, 2.45) is 33.7 Å². The van der Waals surface area contributed by atoms with Crippen molar-refractivity contribution in [3.8, 4) is 0 Å². The molecule has 15 N–H and O–H groups in total. The topological polar surface area (TPSA) is 341 Å². The summed E-state index contributed by atoms with van der Waals surface area (Å²) in [5, 5.41) is 19.1. The van der Waals surface area contributed by atoms with Crippen molar-refractivity contribution in [1.82, 2.24) is 30.7 Å². The second-order valence-electron chi connectivity index (χ2n) is 14.5. The van der Waals surface area contributed by atoms with E-state index >= 15 is 0 Å². The number of carbonyl (C=O) groups excluding carboxylic acids is 6. The largest absolute Gasteiger partial charge is 0.480 e. The number of nitrogens with one attached hydrogen (secondary N) is 4. The van der Waals surface area contributed by atoms with Gasteiger partial charge in [0.25, 0.3) is 0 Å². The lowest BCUT2D eigenvalue weighted by atomic mass is 9.95. The number of primary amides is 1. The van der Waals surface area contributed by atoms with Crippen molar-refractivity contribution >= 4 is 58.3 Å². The summed E-state index contributed by atoms with van der Waals surface area (Å²) < 4.78 is 0. The lowest BCUT2D eigenvalue weighted by Crippen LogP contribution is -2.59. The van der Waals surface area contributed by atoms with Crippen LogP contribution in [0.3, 0.4) is 0 Å². The molecule has 2 aliphatic rings. The van der Waals surface area contributed by atoms with Crippen LogP contribution in [0.1, 0.15) is 76.0 Å². The first-order valence-corrected chi connectivity index (χ1v) is 19.3. The molecule has 0 spiro atoms. The fourth-order valence-electron chi connectivity index (χ4n) is 7.25. The van der Waals surface area contributed by atoms with Crippen LogP contribution < -0.4 is 44.6 Å². The van der Waals surface area contributed by atoms with Gasteiger partial charge in [-0.1, -0.05) is 18.2 Å². The molecule has 1 fully saturated rings. The second-order valence-corrected chi connectivity index (χ2v) is 14.5. The number of nitrogens with two attached hydrogens (primary N) is 5. The number of unbranched alkanes of at least 4 members (excludes halogenated alkanes) is 1. The summed E-state index contributed by atoms with van der Waals surface area (Å²) in [6.45, 7) is 2.15. The number of hydrogen-bond acceptors (Lipinski definition) is 10. The van der Waals surface area contributed by atoms with E-state index in [0.717, 1.165) is 16.5 Å². The Morgan fingerprint density at radius 1 is 0.895 bits per heavy atom. The van der Waals surface area contributed by atoms with Gasteiger partial charge in [-0.15, -0.1) is 0 Å². The Labute approximate surface area is 330 Å². The minimum Gasteiger partial charge on any atom is -0.480 e. The number of rotatable bonds is 20. The van der Waals surface area contributed by atoms with Crippen molar-refractivity contribution in [3.05, 3.63) is 35.5 Å². The van der Waals surface area contributed by atoms with Gasteiger partial charge in [-0.3, -0.25) is 33.8 Å². The molecule has 0 bridgehead atoms. The highest BCUT2D eigenvalue weighted by atomic mass is 16.4. The van der Waals surface area contributed by atoms with Gasteiger partial charge < -0.3 is 64.5 Å². The number of aliphatic imine (C=N–C) groups is 1. The quantitative estimate of drug-likeness (QED) is 0.0386. The van der Waals surface area contributed by atoms with Crippen molar-refractivity contribution in [2.45, 2.75) is 114 Å². The van der Waals surface area contributed by atoms with Crippen LogP contribution in [0.5, 0.6) is 0 Å². The fourth-order valence-corrected chi connectivity index (χ4v) is 7.25. The van der Waals surface area contributed by atoms with Crippen LogP contribution >= 0.6 is 0 Å². The molecule has 6 atom stereocenters. The molecule has 0 unspecified atom stereocenters. The number of aliphatic carboxylic acids is 1. The maximum atomic E-state index is 14.1. The molecule has 1 aromatic heterocycles. The maximum Gasteiger partial charge on any atom is 0.326 e.